The number of benzene rings is 1. The van der Waals surface area contributed by atoms with E-state index in [1.54, 1.807) is 4.90 Å². The van der Waals surface area contributed by atoms with Crippen LogP contribution in [0.15, 0.2) is 18.2 Å². The average molecular weight is 330 g/mol. The molecule has 1 aromatic carbocycles. The summed E-state index contributed by atoms with van der Waals surface area (Å²) >= 11 is 0. The number of hydrogen-bond acceptors (Lipinski definition) is 4. The number of rotatable bonds is 5. The topological polar surface area (TPSA) is 75.7 Å². The minimum atomic E-state index is -0.522. The second-order valence-corrected chi connectivity index (χ2v) is 6.57. The number of carbonyl (C=O) groups excluding carboxylic acids is 3. The number of nitrogens with zero attached hydrogens (tertiary/aromatic N) is 1. The monoisotopic (exact) mass is 330 g/mol. The first-order valence-electron chi connectivity index (χ1n) is 8.28. The average Bonchev–Trinajstić information content (AvgIpc) is 3.27. The SMILES string of the molecule is Cc1cccc(N2C[C@H](C(=O)OCC(=O)NC3CC3)CC2=O)c1C. The third kappa shape index (κ3) is 3.58. The van der Waals surface area contributed by atoms with Crippen molar-refractivity contribution in [2.24, 2.45) is 5.92 Å². The second-order valence-electron chi connectivity index (χ2n) is 6.57. The fourth-order valence-corrected chi connectivity index (χ4v) is 2.88. The maximum atomic E-state index is 12.3. The molecule has 0 radical (unpaired) electrons. The Morgan fingerprint density at radius 2 is 2.04 bits per heavy atom. The van der Waals surface area contributed by atoms with E-state index in [1.165, 1.54) is 0 Å². The third-order valence-electron chi connectivity index (χ3n) is 4.61. The van der Waals surface area contributed by atoms with E-state index in [1.807, 2.05) is 32.0 Å². The highest BCUT2D eigenvalue weighted by atomic mass is 16.5. The van der Waals surface area contributed by atoms with Crippen LogP contribution >= 0.6 is 0 Å². The molecule has 1 saturated carbocycles. The van der Waals surface area contributed by atoms with Crippen molar-refractivity contribution in [2.45, 2.75) is 39.2 Å². The van der Waals surface area contributed by atoms with Crippen molar-refractivity contribution in [3.05, 3.63) is 29.3 Å². The highest BCUT2D eigenvalue weighted by molar-refractivity contribution is 6.00. The van der Waals surface area contributed by atoms with Crippen LogP contribution in [0.4, 0.5) is 5.69 Å². The van der Waals surface area contributed by atoms with Gasteiger partial charge in [0.2, 0.25) is 5.91 Å². The number of nitrogens with one attached hydrogen (secondary N) is 1. The molecule has 0 aromatic heterocycles. The van der Waals surface area contributed by atoms with Crippen molar-refractivity contribution in [3.63, 3.8) is 0 Å². The van der Waals surface area contributed by atoms with E-state index < -0.39 is 11.9 Å². The van der Waals surface area contributed by atoms with Crippen molar-refractivity contribution in [1.82, 2.24) is 5.32 Å². The zero-order chi connectivity index (χ0) is 17.3. The van der Waals surface area contributed by atoms with Gasteiger partial charge in [-0.3, -0.25) is 14.4 Å². The number of anilines is 1. The van der Waals surface area contributed by atoms with Crippen LogP contribution in [0.1, 0.15) is 30.4 Å². The van der Waals surface area contributed by atoms with Crippen molar-refractivity contribution in [1.29, 1.82) is 0 Å². The molecule has 6 nitrogen and oxygen atoms in total. The summed E-state index contributed by atoms with van der Waals surface area (Å²) in [6.45, 7) is 3.98. The largest absolute Gasteiger partial charge is 0.455 e. The normalized spacial score (nSPS) is 20.2. The van der Waals surface area contributed by atoms with Crippen LogP contribution in [0.25, 0.3) is 0 Å². The van der Waals surface area contributed by atoms with E-state index in [4.69, 9.17) is 4.74 Å². The highest BCUT2D eigenvalue weighted by Crippen LogP contribution is 2.29. The van der Waals surface area contributed by atoms with Gasteiger partial charge in [-0.05, 0) is 43.9 Å². The summed E-state index contributed by atoms with van der Waals surface area (Å²) in [5.74, 6) is -1.37. The number of aryl methyl sites for hydroxylation is 1. The van der Waals surface area contributed by atoms with E-state index in [2.05, 4.69) is 5.32 Å². The van der Waals surface area contributed by atoms with Gasteiger partial charge in [0.15, 0.2) is 6.61 Å². The van der Waals surface area contributed by atoms with Gasteiger partial charge < -0.3 is 15.0 Å². The van der Waals surface area contributed by atoms with Crippen molar-refractivity contribution in [2.75, 3.05) is 18.1 Å². The van der Waals surface area contributed by atoms with Gasteiger partial charge in [0.25, 0.3) is 5.91 Å². The van der Waals surface area contributed by atoms with Crippen LogP contribution in [-0.2, 0) is 19.1 Å². The predicted molar refractivity (Wildman–Crippen MR) is 88.5 cm³/mol. The van der Waals surface area contributed by atoms with Crippen LogP contribution in [0, 0.1) is 19.8 Å². The molecule has 2 fully saturated rings. The summed E-state index contributed by atoms with van der Waals surface area (Å²) in [7, 11) is 0. The first-order chi connectivity index (χ1) is 11.5. The molecule has 1 aliphatic carbocycles. The number of hydrogen-bond donors (Lipinski definition) is 1. The summed E-state index contributed by atoms with van der Waals surface area (Å²) < 4.78 is 5.07. The lowest BCUT2D eigenvalue weighted by molar-refractivity contribution is -0.152. The third-order valence-corrected chi connectivity index (χ3v) is 4.61. The smallest absolute Gasteiger partial charge is 0.311 e. The molecule has 0 bridgehead atoms. The highest BCUT2D eigenvalue weighted by Gasteiger charge is 2.37. The van der Waals surface area contributed by atoms with Crippen LogP contribution in [0.5, 0.6) is 0 Å². The zero-order valence-corrected chi connectivity index (χ0v) is 14.0. The van der Waals surface area contributed by atoms with Crippen LogP contribution in [-0.4, -0.2) is 37.0 Å². The Kier molecular flexibility index (Phi) is 4.55. The molecule has 2 aliphatic rings. The molecular formula is C18H22N2O4. The number of amides is 2. The molecule has 0 unspecified atom stereocenters. The van der Waals surface area contributed by atoms with Crippen molar-refractivity contribution in [3.8, 4) is 0 Å². The van der Waals surface area contributed by atoms with Crippen LogP contribution in [0.2, 0.25) is 0 Å². The lowest BCUT2D eigenvalue weighted by atomic mass is 10.1. The Balaban J connectivity index is 1.58. The van der Waals surface area contributed by atoms with Crippen LogP contribution < -0.4 is 10.2 Å². The van der Waals surface area contributed by atoms with Crippen LogP contribution in [0.3, 0.4) is 0 Å². The molecule has 1 N–H and O–H groups in total. The predicted octanol–water partition coefficient (Wildman–Crippen LogP) is 1.48. The maximum absolute atomic E-state index is 12.3. The number of ether oxygens (including phenoxy) is 1. The quantitative estimate of drug-likeness (QED) is 0.830. The van der Waals surface area contributed by atoms with E-state index in [-0.39, 0.29) is 30.9 Å². The van der Waals surface area contributed by atoms with E-state index >= 15 is 0 Å². The second kappa shape index (κ2) is 6.63. The molecule has 1 aromatic rings. The Bertz CT molecular complexity index is 682. The minimum Gasteiger partial charge on any atom is -0.455 e. The van der Waals surface area contributed by atoms with E-state index in [9.17, 15) is 14.4 Å². The van der Waals surface area contributed by atoms with Gasteiger partial charge in [-0.15, -0.1) is 0 Å². The van der Waals surface area contributed by atoms with Gasteiger partial charge in [-0.2, -0.15) is 0 Å². The molecular weight excluding hydrogens is 308 g/mol. The standard InChI is InChI=1S/C18H22N2O4/c1-11-4-3-5-15(12(11)2)20-9-13(8-17(20)22)18(23)24-10-16(21)19-14-6-7-14/h3-5,13-14H,6-10H2,1-2H3,(H,19,21)/t13-/m1/s1. The number of carbonyl (C=O) groups is 3. The molecule has 1 heterocycles. The minimum absolute atomic E-state index is 0.0897. The molecule has 6 heteroatoms. The Morgan fingerprint density at radius 3 is 2.75 bits per heavy atom. The molecule has 2 amide bonds. The zero-order valence-electron chi connectivity index (χ0n) is 14.0. The molecule has 128 valence electrons. The molecule has 0 spiro atoms. The van der Waals surface area contributed by atoms with Crippen molar-refractivity contribution < 1.29 is 19.1 Å². The van der Waals surface area contributed by atoms with Gasteiger partial charge in [0, 0.05) is 24.7 Å². The van der Waals surface area contributed by atoms with Gasteiger partial charge in [-0.1, -0.05) is 12.1 Å². The fourth-order valence-electron chi connectivity index (χ4n) is 2.88. The van der Waals surface area contributed by atoms with Gasteiger partial charge in [-0.25, -0.2) is 0 Å². The fraction of sp³-hybridized carbons (Fsp3) is 0.500. The van der Waals surface area contributed by atoms with Gasteiger partial charge in [0.1, 0.15) is 0 Å². The molecule has 24 heavy (non-hydrogen) atoms. The first-order valence-corrected chi connectivity index (χ1v) is 8.28. The first kappa shape index (κ1) is 16.5. The lowest BCUT2D eigenvalue weighted by Gasteiger charge is -2.20. The molecule has 1 saturated heterocycles. The summed E-state index contributed by atoms with van der Waals surface area (Å²) in [6.07, 6.45) is 2.10. The van der Waals surface area contributed by atoms with Crippen molar-refractivity contribution >= 4 is 23.5 Å². The maximum Gasteiger partial charge on any atom is 0.311 e. The molecule has 3 rings (SSSR count). The Morgan fingerprint density at radius 1 is 1.29 bits per heavy atom. The lowest BCUT2D eigenvalue weighted by Crippen LogP contribution is -2.32. The van der Waals surface area contributed by atoms with E-state index in [0.29, 0.717) is 6.54 Å². The van der Waals surface area contributed by atoms with Gasteiger partial charge in [0.05, 0.1) is 5.92 Å². The number of esters is 1. The summed E-state index contributed by atoms with van der Waals surface area (Å²) in [4.78, 5) is 37.6. The Hall–Kier alpha value is -2.37. The molecule has 1 aliphatic heterocycles. The Labute approximate surface area is 141 Å². The summed E-state index contributed by atoms with van der Waals surface area (Å²) in [6, 6.07) is 6.02. The summed E-state index contributed by atoms with van der Waals surface area (Å²) in [5.41, 5.74) is 2.97. The molecule has 1 atom stereocenters. The summed E-state index contributed by atoms with van der Waals surface area (Å²) in [5, 5.41) is 2.76. The van der Waals surface area contributed by atoms with E-state index in [0.717, 1.165) is 29.7 Å². The van der Waals surface area contributed by atoms with Gasteiger partial charge >= 0.3 is 5.97 Å².